The lowest BCUT2D eigenvalue weighted by atomic mass is 10.1. The van der Waals surface area contributed by atoms with Gasteiger partial charge in [-0.15, -0.1) is 0 Å². The van der Waals surface area contributed by atoms with E-state index in [1.54, 1.807) is 12.4 Å². The molecule has 4 nitrogen and oxygen atoms in total. The van der Waals surface area contributed by atoms with Crippen LogP contribution in [0.3, 0.4) is 0 Å². The maximum atomic E-state index is 4.46. The molecule has 0 radical (unpaired) electrons. The average Bonchev–Trinajstić information content (AvgIpc) is 2.47. The summed E-state index contributed by atoms with van der Waals surface area (Å²) in [5.74, 6) is 1.64. The van der Waals surface area contributed by atoms with Crippen LogP contribution in [0, 0.1) is 0 Å². The van der Waals surface area contributed by atoms with Gasteiger partial charge in [0, 0.05) is 13.1 Å². The van der Waals surface area contributed by atoms with Crippen molar-refractivity contribution < 1.29 is 0 Å². The van der Waals surface area contributed by atoms with E-state index in [1.165, 1.54) is 5.56 Å². The van der Waals surface area contributed by atoms with Crippen LogP contribution in [0.25, 0.3) is 0 Å². The first-order chi connectivity index (χ1) is 9.38. The number of nitrogens with zero attached hydrogens (tertiary/aromatic N) is 2. The van der Waals surface area contributed by atoms with E-state index in [9.17, 15) is 0 Å². The smallest absolute Gasteiger partial charge is 0.146 e. The van der Waals surface area contributed by atoms with Crippen LogP contribution in [0.5, 0.6) is 0 Å². The standard InChI is InChI=1S/C15H20N4/c1-2-9-17-14-11-16-12-15(19-14)18-10-8-13-6-4-3-5-7-13/h3-7,11-12H,2,8-10H2,1H3,(H2,17,18,19). The van der Waals surface area contributed by atoms with E-state index in [1.807, 2.05) is 6.07 Å². The number of nitrogens with one attached hydrogen (secondary N) is 2. The molecule has 0 unspecified atom stereocenters. The van der Waals surface area contributed by atoms with Crippen molar-refractivity contribution in [2.45, 2.75) is 19.8 Å². The zero-order chi connectivity index (χ0) is 13.3. The first kappa shape index (κ1) is 13.3. The van der Waals surface area contributed by atoms with Gasteiger partial charge < -0.3 is 10.6 Å². The van der Waals surface area contributed by atoms with E-state index in [-0.39, 0.29) is 0 Å². The Morgan fingerprint density at radius 3 is 2.32 bits per heavy atom. The van der Waals surface area contributed by atoms with E-state index in [2.05, 4.69) is 51.8 Å². The number of hydrogen-bond acceptors (Lipinski definition) is 4. The molecule has 4 heteroatoms. The number of anilines is 2. The van der Waals surface area contributed by atoms with E-state index >= 15 is 0 Å². The average molecular weight is 256 g/mol. The Hall–Kier alpha value is -2.10. The molecule has 2 aromatic rings. The minimum atomic E-state index is 0.817. The lowest BCUT2D eigenvalue weighted by Crippen LogP contribution is -2.08. The SMILES string of the molecule is CCCNc1cncc(NCCc2ccccc2)n1. The third-order valence-corrected chi connectivity index (χ3v) is 2.75. The molecule has 0 bridgehead atoms. The molecule has 0 saturated carbocycles. The first-order valence-electron chi connectivity index (χ1n) is 6.72. The van der Waals surface area contributed by atoms with Gasteiger partial charge in [0.2, 0.25) is 0 Å². The second kappa shape index (κ2) is 7.36. The largest absolute Gasteiger partial charge is 0.369 e. The molecule has 0 amide bonds. The van der Waals surface area contributed by atoms with Gasteiger partial charge in [0.15, 0.2) is 0 Å². The van der Waals surface area contributed by atoms with Crippen molar-refractivity contribution in [2.75, 3.05) is 23.7 Å². The van der Waals surface area contributed by atoms with Crippen molar-refractivity contribution in [3.63, 3.8) is 0 Å². The highest BCUT2D eigenvalue weighted by atomic mass is 15.1. The molecule has 0 aliphatic heterocycles. The second-order valence-electron chi connectivity index (χ2n) is 4.38. The Bertz CT molecular complexity index is 485. The summed E-state index contributed by atoms with van der Waals surface area (Å²) in [6.45, 7) is 3.90. The minimum Gasteiger partial charge on any atom is -0.369 e. The van der Waals surface area contributed by atoms with Crippen molar-refractivity contribution in [1.82, 2.24) is 9.97 Å². The highest BCUT2D eigenvalue weighted by molar-refractivity contribution is 5.41. The summed E-state index contributed by atoms with van der Waals surface area (Å²) in [6.07, 6.45) is 5.56. The summed E-state index contributed by atoms with van der Waals surface area (Å²) in [5, 5.41) is 6.53. The van der Waals surface area contributed by atoms with Crippen molar-refractivity contribution in [3.8, 4) is 0 Å². The summed E-state index contributed by atoms with van der Waals surface area (Å²) in [5.41, 5.74) is 1.32. The van der Waals surface area contributed by atoms with E-state index < -0.39 is 0 Å². The normalized spacial score (nSPS) is 10.2. The highest BCUT2D eigenvalue weighted by Gasteiger charge is 1.98. The number of benzene rings is 1. The molecule has 1 heterocycles. The Kier molecular flexibility index (Phi) is 5.17. The molecule has 0 fully saturated rings. The highest BCUT2D eigenvalue weighted by Crippen LogP contribution is 2.07. The summed E-state index contributed by atoms with van der Waals surface area (Å²) in [4.78, 5) is 8.63. The summed E-state index contributed by atoms with van der Waals surface area (Å²) < 4.78 is 0. The molecule has 100 valence electrons. The fraction of sp³-hybridized carbons (Fsp3) is 0.333. The van der Waals surface area contributed by atoms with Gasteiger partial charge in [-0.05, 0) is 18.4 Å². The third-order valence-electron chi connectivity index (χ3n) is 2.75. The summed E-state index contributed by atoms with van der Waals surface area (Å²) in [7, 11) is 0. The van der Waals surface area contributed by atoms with Crippen LogP contribution in [0.15, 0.2) is 42.7 Å². The van der Waals surface area contributed by atoms with Crippen LogP contribution in [-0.4, -0.2) is 23.1 Å². The quantitative estimate of drug-likeness (QED) is 0.799. The predicted molar refractivity (Wildman–Crippen MR) is 79.4 cm³/mol. The molecule has 2 N–H and O–H groups in total. The molecule has 1 aromatic heterocycles. The Balaban J connectivity index is 1.82. The molecule has 0 spiro atoms. The molecule has 0 aliphatic rings. The predicted octanol–water partition coefficient (Wildman–Crippen LogP) is 2.95. The Morgan fingerprint density at radius 2 is 1.63 bits per heavy atom. The maximum Gasteiger partial charge on any atom is 0.146 e. The number of aromatic nitrogens is 2. The van der Waals surface area contributed by atoms with Crippen LogP contribution in [0.1, 0.15) is 18.9 Å². The van der Waals surface area contributed by atoms with Gasteiger partial charge in [0.05, 0.1) is 12.4 Å². The van der Waals surface area contributed by atoms with Crippen molar-refractivity contribution in [3.05, 3.63) is 48.3 Å². The van der Waals surface area contributed by atoms with Crippen LogP contribution >= 0.6 is 0 Å². The van der Waals surface area contributed by atoms with Crippen molar-refractivity contribution >= 4 is 11.6 Å². The summed E-state index contributed by atoms with van der Waals surface area (Å²) in [6, 6.07) is 10.4. The van der Waals surface area contributed by atoms with Gasteiger partial charge in [-0.25, -0.2) is 4.98 Å². The zero-order valence-corrected chi connectivity index (χ0v) is 11.3. The monoisotopic (exact) mass is 256 g/mol. The molecule has 0 atom stereocenters. The zero-order valence-electron chi connectivity index (χ0n) is 11.3. The van der Waals surface area contributed by atoms with Crippen molar-refractivity contribution in [2.24, 2.45) is 0 Å². The molecule has 2 rings (SSSR count). The topological polar surface area (TPSA) is 49.8 Å². The molecule has 0 saturated heterocycles. The minimum absolute atomic E-state index is 0.817. The first-order valence-corrected chi connectivity index (χ1v) is 6.72. The van der Waals surface area contributed by atoms with Crippen LogP contribution in [0.4, 0.5) is 11.6 Å². The summed E-state index contributed by atoms with van der Waals surface area (Å²) >= 11 is 0. The van der Waals surface area contributed by atoms with Gasteiger partial charge in [0.25, 0.3) is 0 Å². The maximum absolute atomic E-state index is 4.46. The fourth-order valence-electron chi connectivity index (χ4n) is 1.77. The van der Waals surface area contributed by atoms with Crippen molar-refractivity contribution in [1.29, 1.82) is 0 Å². The lowest BCUT2D eigenvalue weighted by molar-refractivity contribution is 0.958. The van der Waals surface area contributed by atoms with Gasteiger partial charge in [-0.2, -0.15) is 0 Å². The van der Waals surface area contributed by atoms with E-state index in [4.69, 9.17) is 0 Å². The van der Waals surface area contributed by atoms with Crippen LogP contribution in [-0.2, 0) is 6.42 Å². The van der Waals surface area contributed by atoms with Gasteiger partial charge in [0.1, 0.15) is 11.6 Å². The van der Waals surface area contributed by atoms with E-state index in [0.717, 1.165) is 37.6 Å². The fourth-order valence-corrected chi connectivity index (χ4v) is 1.77. The van der Waals surface area contributed by atoms with Gasteiger partial charge in [-0.3, -0.25) is 4.98 Å². The van der Waals surface area contributed by atoms with Crippen LogP contribution in [0.2, 0.25) is 0 Å². The Morgan fingerprint density at radius 1 is 0.947 bits per heavy atom. The molecule has 1 aromatic carbocycles. The molecule has 0 aliphatic carbocycles. The second-order valence-corrected chi connectivity index (χ2v) is 4.38. The molecular formula is C15H20N4. The van der Waals surface area contributed by atoms with E-state index in [0.29, 0.717) is 0 Å². The van der Waals surface area contributed by atoms with Gasteiger partial charge in [-0.1, -0.05) is 37.3 Å². The third kappa shape index (κ3) is 4.58. The Labute approximate surface area is 114 Å². The van der Waals surface area contributed by atoms with Crippen LogP contribution < -0.4 is 10.6 Å². The number of hydrogen-bond donors (Lipinski definition) is 2. The van der Waals surface area contributed by atoms with Gasteiger partial charge >= 0.3 is 0 Å². The number of rotatable bonds is 7. The lowest BCUT2D eigenvalue weighted by Gasteiger charge is -2.08. The molecule has 19 heavy (non-hydrogen) atoms. The molecular weight excluding hydrogens is 236 g/mol.